The molecule has 5 heteroatoms. The number of nitrogens with one attached hydrogen (secondary N) is 1. The zero-order valence-electron chi connectivity index (χ0n) is 6.00. The largest absolute Gasteiger partial charge is 0.476 e. The van der Waals surface area contributed by atoms with Crippen molar-refractivity contribution in [2.45, 2.75) is 6.54 Å². The van der Waals surface area contributed by atoms with Gasteiger partial charge in [0.1, 0.15) is 0 Å². The van der Waals surface area contributed by atoms with Crippen molar-refractivity contribution in [1.82, 2.24) is 10.3 Å². The summed E-state index contributed by atoms with van der Waals surface area (Å²) in [6.45, 7) is 0.615. The van der Waals surface area contributed by atoms with Gasteiger partial charge in [-0.05, 0) is 7.05 Å². The molecule has 0 aliphatic carbocycles. The van der Waals surface area contributed by atoms with Gasteiger partial charge in [-0.2, -0.15) is 0 Å². The molecule has 0 amide bonds. The molecule has 0 fully saturated rings. The molecule has 0 atom stereocenters. The van der Waals surface area contributed by atoms with Gasteiger partial charge in [0.2, 0.25) is 5.01 Å². The Hall–Kier alpha value is -0.940. The molecule has 0 radical (unpaired) electrons. The van der Waals surface area contributed by atoms with Crippen LogP contribution in [-0.2, 0) is 6.54 Å². The Bertz CT molecular complexity index is 259. The minimum Gasteiger partial charge on any atom is -0.476 e. The first-order valence-electron chi connectivity index (χ1n) is 3.06. The minimum atomic E-state index is -0.961. The number of rotatable bonds is 3. The molecule has 0 unspecified atom stereocenters. The number of hydrogen-bond donors (Lipinski definition) is 2. The van der Waals surface area contributed by atoms with Gasteiger partial charge in [-0.3, -0.25) is 0 Å². The van der Waals surface area contributed by atoms with E-state index in [1.807, 2.05) is 0 Å². The predicted molar refractivity (Wildman–Crippen MR) is 41.8 cm³/mol. The third kappa shape index (κ3) is 1.99. The second kappa shape index (κ2) is 3.45. The number of carbonyl (C=O) groups is 1. The molecule has 0 saturated carbocycles. The van der Waals surface area contributed by atoms with Crippen LogP contribution < -0.4 is 5.32 Å². The van der Waals surface area contributed by atoms with Gasteiger partial charge < -0.3 is 10.4 Å². The fourth-order valence-electron chi connectivity index (χ4n) is 0.668. The van der Waals surface area contributed by atoms with E-state index >= 15 is 0 Å². The van der Waals surface area contributed by atoms with E-state index in [2.05, 4.69) is 10.3 Å². The normalized spacial score (nSPS) is 9.91. The lowest BCUT2D eigenvalue weighted by Gasteiger charge is -1.89. The van der Waals surface area contributed by atoms with E-state index in [4.69, 9.17) is 5.11 Å². The van der Waals surface area contributed by atoms with Gasteiger partial charge in [-0.25, -0.2) is 9.78 Å². The van der Waals surface area contributed by atoms with Crippen molar-refractivity contribution in [3.8, 4) is 0 Å². The first-order valence-corrected chi connectivity index (χ1v) is 3.94. The predicted octanol–water partition coefficient (Wildman–Crippen LogP) is 0.561. The fraction of sp³-hybridized carbons (Fsp3) is 0.333. The van der Waals surface area contributed by atoms with Gasteiger partial charge in [0.05, 0.1) is 5.69 Å². The molecule has 0 saturated heterocycles. The Morgan fingerprint density at radius 2 is 2.64 bits per heavy atom. The standard InChI is InChI=1S/C6H8N2O2S/c1-7-2-4-3-11-5(8-4)6(9)10/h3,7H,2H2,1H3,(H,9,10). The third-order valence-electron chi connectivity index (χ3n) is 1.09. The maximum absolute atomic E-state index is 10.3. The van der Waals surface area contributed by atoms with Crippen LogP contribution in [0.2, 0.25) is 0 Å². The van der Waals surface area contributed by atoms with Crippen LogP contribution in [0.4, 0.5) is 0 Å². The summed E-state index contributed by atoms with van der Waals surface area (Å²) in [7, 11) is 1.79. The van der Waals surface area contributed by atoms with Crippen molar-refractivity contribution >= 4 is 17.3 Å². The Morgan fingerprint density at radius 3 is 3.09 bits per heavy atom. The highest BCUT2D eigenvalue weighted by Crippen LogP contribution is 2.08. The lowest BCUT2D eigenvalue weighted by molar-refractivity contribution is 0.0696. The number of carboxylic acid groups (broad SMARTS) is 1. The van der Waals surface area contributed by atoms with Crippen LogP contribution >= 0.6 is 11.3 Å². The molecule has 60 valence electrons. The van der Waals surface area contributed by atoms with Crippen molar-refractivity contribution in [3.05, 3.63) is 16.1 Å². The van der Waals surface area contributed by atoms with Crippen molar-refractivity contribution in [1.29, 1.82) is 0 Å². The van der Waals surface area contributed by atoms with Gasteiger partial charge in [-0.1, -0.05) is 0 Å². The van der Waals surface area contributed by atoms with E-state index in [0.717, 1.165) is 17.0 Å². The first-order chi connectivity index (χ1) is 5.24. The molecule has 11 heavy (non-hydrogen) atoms. The molecule has 1 aromatic heterocycles. The molecule has 0 bridgehead atoms. The number of thiazole rings is 1. The topological polar surface area (TPSA) is 62.2 Å². The second-order valence-corrected chi connectivity index (χ2v) is 2.84. The van der Waals surface area contributed by atoms with Crippen LogP contribution in [0.15, 0.2) is 5.38 Å². The summed E-state index contributed by atoms with van der Waals surface area (Å²) in [6, 6.07) is 0. The SMILES string of the molecule is CNCc1csc(C(=O)O)n1. The lowest BCUT2D eigenvalue weighted by Crippen LogP contribution is -2.05. The number of aromatic nitrogens is 1. The fourth-order valence-corrected chi connectivity index (χ4v) is 1.32. The summed E-state index contributed by atoms with van der Waals surface area (Å²) in [4.78, 5) is 14.2. The van der Waals surface area contributed by atoms with Crippen LogP contribution in [0.3, 0.4) is 0 Å². The second-order valence-electron chi connectivity index (χ2n) is 1.98. The van der Waals surface area contributed by atoms with Crippen LogP contribution in [-0.4, -0.2) is 23.1 Å². The number of nitrogens with zero attached hydrogens (tertiary/aromatic N) is 1. The van der Waals surface area contributed by atoms with E-state index in [9.17, 15) is 4.79 Å². The molecule has 0 aliphatic rings. The lowest BCUT2D eigenvalue weighted by atomic mass is 10.5. The molecular weight excluding hydrogens is 164 g/mol. The third-order valence-corrected chi connectivity index (χ3v) is 1.97. The maximum Gasteiger partial charge on any atom is 0.365 e. The number of hydrogen-bond acceptors (Lipinski definition) is 4. The summed E-state index contributed by atoms with van der Waals surface area (Å²) in [5.41, 5.74) is 0.773. The summed E-state index contributed by atoms with van der Waals surface area (Å²) >= 11 is 1.15. The van der Waals surface area contributed by atoms with Crippen molar-refractivity contribution in [3.63, 3.8) is 0 Å². The Kier molecular flexibility index (Phi) is 2.56. The van der Waals surface area contributed by atoms with Gasteiger partial charge in [-0.15, -0.1) is 11.3 Å². The van der Waals surface area contributed by atoms with Gasteiger partial charge >= 0.3 is 5.97 Å². The number of carboxylic acids is 1. The summed E-state index contributed by atoms with van der Waals surface area (Å²) in [6.07, 6.45) is 0. The maximum atomic E-state index is 10.3. The van der Waals surface area contributed by atoms with Gasteiger partial charge in [0.15, 0.2) is 0 Å². The highest BCUT2D eigenvalue weighted by Gasteiger charge is 2.07. The monoisotopic (exact) mass is 172 g/mol. The van der Waals surface area contributed by atoms with E-state index in [1.165, 1.54) is 0 Å². The average Bonchev–Trinajstić information content (AvgIpc) is 2.37. The Balaban J connectivity index is 2.73. The molecule has 4 nitrogen and oxygen atoms in total. The van der Waals surface area contributed by atoms with E-state index < -0.39 is 5.97 Å². The van der Waals surface area contributed by atoms with Crippen LogP contribution in [0, 0.1) is 0 Å². The summed E-state index contributed by atoms with van der Waals surface area (Å²) < 4.78 is 0. The molecular formula is C6H8N2O2S. The highest BCUT2D eigenvalue weighted by molar-refractivity contribution is 7.11. The van der Waals surface area contributed by atoms with Gasteiger partial charge in [0.25, 0.3) is 0 Å². The quantitative estimate of drug-likeness (QED) is 0.699. The van der Waals surface area contributed by atoms with Crippen molar-refractivity contribution in [2.75, 3.05) is 7.05 Å². The zero-order valence-corrected chi connectivity index (χ0v) is 6.81. The van der Waals surface area contributed by atoms with E-state index in [-0.39, 0.29) is 5.01 Å². The Morgan fingerprint density at radius 1 is 1.91 bits per heavy atom. The molecule has 1 rings (SSSR count). The average molecular weight is 172 g/mol. The summed E-state index contributed by atoms with van der Waals surface area (Å²) in [5.74, 6) is -0.961. The minimum absolute atomic E-state index is 0.148. The van der Waals surface area contributed by atoms with Crippen LogP contribution in [0.5, 0.6) is 0 Å². The summed E-state index contributed by atoms with van der Waals surface area (Å²) in [5, 5.41) is 13.3. The molecule has 0 spiro atoms. The van der Waals surface area contributed by atoms with Crippen LogP contribution in [0.1, 0.15) is 15.5 Å². The molecule has 2 N–H and O–H groups in total. The molecule has 0 aromatic carbocycles. The molecule has 1 aromatic rings. The van der Waals surface area contributed by atoms with Crippen molar-refractivity contribution in [2.24, 2.45) is 0 Å². The zero-order chi connectivity index (χ0) is 8.27. The van der Waals surface area contributed by atoms with Gasteiger partial charge in [0, 0.05) is 11.9 Å². The number of aromatic carboxylic acids is 1. The molecule has 1 heterocycles. The molecule has 0 aliphatic heterocycles. The van der Waals surface area contributed by atoms with E-state index in [1.54, 1.807) is 12.4 Å². The van der Waals surface area contributed by atoms with E-state index in [0.29, 0.717) is 6.54 Å². The van der Waals surface area contributed by atoms with Crippen LogP contribution in [0.25, 0.3) is 0 Å². The smallest absolute Gasteiger partial charge is 0.365 e. The first kappa shape index (κ1) is 8.16. The Labute approximate surface area is 67.9 Å². The van der Waals surface area contributed by atoms with Crippen molar-refractivity contribution < 1.29 is 9.90 Å². The highest BCUT2D eigenvalue weighted by atomic mass is 32.1.